The summed E-state index contributed by atoms with van der Waals surface area (Å²) < 4.78 is 0. The summed E-state index contributed by atoms with van der Waals surface area (Å²) in [5.74, 6) is 0.678. The fraction of sp³-hybridized carbons (Fsp3) is 0.368. The van der Waals surface area contributed by atoms with Gasteiger partial charge in [-0.1, -0.05) is 6.07 Å². The molecule has 6 heteroatoms. The number of carbonyl (C=O) groups is 1. The Labute approximate surface area is 149 Å². The van der Waals surface area contributed by atoms with Crippen LogP contribution in [0.3, 0.4) is 0 Å². The number of hydrogen-bond donors (Lipinski definition) is 1. The molecular weight excluding hydrogens is 314 g/mol. The van der Waals surface area contributed by atoms with Crippen LogP contribution in [-0.4, -0.2) is 63.1 Å². The van der Waals surface area contributed by atoms with Crippen molar-refractivity contribution in [1.82, 2.24) is 9.88 Å². The topological polar surface area (TPSA) is 51.7 Å². The van der Waals surface area contributed by atoms with E-state index in [0.717, 1.165) is 43.4 Å². The van der Waals surface area contributed by atoms with E-state index in [1.54, 1.807) is 6.07 Å². The Hall–Kier alpha value is -2.60. The standard InChI is InChI=1S/C19H25N5O/c1-22(2)16-9-7-15(8-10-16)20-19(25)17-5-4-6-18(21-17)24-13-11-23(3)12-14-24/h4-10H,11-14H2,1-3H3,(H,20,25). The van der Waals surface area contributed by atoms with Crippen molar-refractivity contribution < 1.29 is 4.79 Å². The average molecular weight is 339 g/mol. The lowest BCUT2D eigenvalue weighted by Crippen LogP contribution is -2.44. The second-order valence-corrected chi connectivity index (χ2v) is 6.57. The van der Waals surface area contributed by atoms with Crippen molar-refractivity contribution >= 4 is 23.1 Å². The monoisotopic (exact) mass is 339 g/mol. The van der Waals surface area contributed by atoms with Crippen molar-refractivity contribution in [2.75, 3.05) is 62.4 Å². The fourth-order valence-electron chi connectivity index (χ4n) is 2.80. The lowest BCUT2D eigenvalue weighted by molar-refractivity contribution is 0.102. The van der Waals surface area contributed by atoms with Crippen molar-refractivity contribution in [3.63, 3.8) is 0 Å². The molecule has 1 N–H and O–H groups in total. The number of likely N-dealkylation sites (N-methyl/N-ethyl adjacent to an activating group) is 1. The predicted molar refractivity (Wildman–Crippen MR) is 103 cm³/mol. The smallest absolute Gasteiger partial charge is 0.274 e. The van der Waals surface area contributed by atoms with E-state index in [9.17, 15) is 4.79 Å². The number of anilines is 3. The first-order chi connectivity index (χ1) is 12.0. The van der Waals surface area contributed by atoms with Crippen LogP contribution >= 0.6 is 0 Å². The number of hydrogen-bond acceptors (Lipinski definition) is 5. The van der Waals surface area contributed by atoms with Crippen LogP contribution in [0.4, 0.5) is 17.2 Å². The van der Waals surface area contributed by atoms with Gasteiger partial charge in [0.25, 0.3) is 5.91 Å². The highest BCUT2D eigenvalue weighted by Crippen LogP contribution is 2.17. The van der Waals surface area contributed by atoms with Crippen molar-refractivity contribution in [1.29, 1.82) is 0 Å². The Morgan fingerprint density at radius 3 is 2.36 bits per heavy atom. The Morgan fingerprint density at radius 1 is 1.04 bits per heavy atom. The first kappa shape index (κ1) is 17.2. The zero-order valence-electron chi connectivity index (χ0n) is 15.1. The third-order valence-electron chi connectivity index (χ3n) is 4.44. The normalized spacial score (nSPS) is 15.1. The van der Waals surface area contributed by atoms with E-state index in [1.807, 2.05) is 55.4 Å². The van der Waals surface area contributed by atoms with E-state index in [0.29, 0.717) is 5.69 Å². The minimum absolute atomic E-state index is 0.186. The van der Waals surface area contributed by atoms with Gasteiger partial charge < -0.3 is 20.0 Å². The van der Waals surface area contributed by atoms with Crippen molar-refractivity contribution in [2.45, 2.75) is 0 Å². The molecule has 2 heterocycles. The number of nitrogens with one attached hydrogen (secondary N) is 1. The highest BCUT2D eigenvalue weighted by atomic mass is 16.1. The molecule has 1 aromatic carbocycles. The summed E-state index contributed by atoms with van der Waals surface area (Å²) in [6, 6.07) is 13.4. The van der Waals surface area contributed by atoms with Gasteiger partial charge in [0.05, 0.1) is 0 Å². The van der Waals surface area contributed by atoms with E-state index in [2.05, 4.69) is 27.1 Å². The molecule has 0 unspecified atom stereocenters. The molecule has 0 spiro atoms. The molecule has 1 amide bonds. The van der Waals surface area contributed by atoms with Crippen LogP contribution in [0.1, 0.15) is 10.5 Å². The second kappa shape index (κ2) is 7.53. The summed E-state index contributed by atoms with van der Waals surface area (Å²) >= 11 is 0. The van der Waals surface area contributed by atoms with Gasteiger partial charge in [0.2, 0.25) is 0 Å². The Morgan fingerprint density at radius 2 is 1.72 bits per heavy atom. The number of pyridine rings is 1. The van der Waals surface area contributed by atoms with E-state index < -0.39 is 0 Å². The molecule has 0 atom stereocenters. The van der Waals surface area contributed by atoms with Crippen molar-refractivity contribution in [2.24, 2.45) is 0 Å². The lowest BCUT2D eigenvalue weighted by atomic mass is 10.2. The zero-order chi connectivity index (χ0) is 17.8. The van der Waals surface area contributed by atoms with Gasteiger partial charge in [-0.2, -0.15) is 0 Å². The van der Waals surface area contributed by atoms with Crippen LogP contribution in [0.25, 0.3) is 0 Å². The molecule has 0 saturated carbocycles. The molecule has 6 nitrogen and oxygen atoms in total. The largest absolute Gasteiger partial charge is 0.378 e. The number of piperazine rings is 1. The van der Waals surface area contributed by atoms with Gasteiger partial charge in [-0.05, 0) is 43.4 Å². The molecule has 0 radical (unpaired) electrons. The van der Waals surface area contributed by atoms with Gasteiger partial charge in [-0.3, -0.25) is 4.79 Å². The van der Waals surface area contributed by atoms with E-state index in [1.165, 1.54) is 0 Å². The maximum Gasteiger partial charge on any atom is 0.274 e. The molecular formula is C19H25N5O. The van der Waals surface area contributed by atoms with Gasteiger partial charge in [-0.15, -0.1) is 0 Å². The van der Waals surface area contributed by atoms with Crippen LogP contribution in [-0.2, 0) is 0 Å². The van der Waals surface area contributed by atoms with Crippen molar-refractivity contribution in [3.05, 3.63) is 48.2 Å². The summed E-state index contributed by atoms with van der Waals surface area (Å²) in [7, 11) is 6.10. The van der Waals surface area contributed by atoms with Crippen LogP contribution < -0.4 is 15.1 Å². The number of aromatic nitrogens is 1. The van der Waals surface area contributed by atoms with Crippen LogP contribution in [0, 0.1) is 0 Å². The molecule has 2 aromatic rings. The average Bonchev–Trinajstić information content (AvgIpc) is 2.63. The van der Waals surface area contributed by atoms with Crippen molar-refractivity contribution in [3.8, 4) is 0 Å². The van der Waals surface area contributed by atoms with Crippen LogP contribution in [0.15, 0.2) is 42.5 Å². The number of benzene rings is 1. The molecule has 0 aliphatic carbocycles. The highest BCUT2D eigenvalue weighted by Gasteiger charge is 2.17. The first-order valence-corrected chi connectivity index (χ1v) is 8.52. The molecule has 1 aliphatic heterocycles. The maximum atomic E-state index is 12.5. The Bertz CT molecular complexity index is 721. The summed E-state index contributed by atoms with van der Waals surface area (Å²) in [5.41, 5.74) is 2.30. The van der Waals surface area contributed by atoms with Gasteiger partial charge in [-0.25, -0.2) is 4.98 Å². The van der Waals surface area contributed by atoms with Gasteiger partial charge in [0, 0.05) is 51.6 Å². The molecule has 25 heavy (non-hydrogen) atoms. The lowest BCUT2D eigenvalue weighted by Gasteiger charge is -2.33. The van der Waals surface area contributed by atoms with Gasteiger partial charge in [0.15, 0.2) is 0 Å². The van der Waals surface area contributed by atoms with E-state index >= 15 is 0 Å². The molecule has 132 valence electrons. The molecule has 1 saturated heterocycles. The first-order valence-electron chi connectivity index (χ1n) is 8.52. The van der Waals surface area contributed by atoms with E-state index in [4.69, 9.17) is 0 Å². The summed E-state index contributed by atoms with van der Waals surface area (Å²) in [6.07, 6.45) is 0. The van der Waals surface area contributed by atoms with Gasteiger partial charge >= 0.3 is 0 Å². The minimum Gasteiger partial charge on any atom is -0.378 e. The minimum atomic E-state index is -0.186. The highest BCUT2D eigenvalue weighted by molar-refractivity contribution is 6.03. The Balaban J connectivity index is 1.68. The Kier molecular flexibility index (Phi) is 5.19. The molecule has 1 fully saturated rings. The number of nitrogens with zero attached hydrogens (tertiary/aromatic N) is 4. The third kappa shape index (κ3) is 4.28. The van der Waals surface area contributed by atoms with E-state index in [-0.39, 0.29) is 5.91 Å². The predicted octanol–water partition coefficient (Wildman–Crippen LogP) is 2.15. The number of amides is 1. The van der Waals surface area contributed by atoms with Crippen LogP contribution in [0.5, 0.6) is 0 Å². The van der Waals surface area contributed by atoms with Gasteiger partial charge in [0.1, 0.15) is 11.5 Å². The number of rotatable bonds is 4. The summed E-state index contributed by atoms with van der Waals surface area (Å²) in [5, 5.41) is 2.91. The molecule has 0 bridgehead atoms. The number of carbonyl (C=O) groups excluding carboxylic acids is 1. The SMILES string of the molecule is CN1CCN(c2cccc(C(=O)Nc3ccc(N(C)C)cc3)n2)CC1. The van der Waals surface area contributed by atoms with Crippen LogP contribution in [0.2, 0.25) is 0 Å². The third-order valence-corrected chi connectivity index (χ3v) is 4.44. The second-order valence-electron chi connectivity index (χ2n) is 6.57. The summed E-state index contributed by atoms with van der Waals surface area (Å²) in [6.45, 7) is 3.88. The molecule has 3 rings (SSSR count). The maximum absolute atomic E-state index is 12.5. The summed E-state index contributed by atoms with van der Waals surface area (Å²) in [4.78, 5) is 23.6. The quantitative estimate of drug-likeness (QED) is 0.925. The molecule has 1 aliphatic rings. The zero-order valence-corrected chi connectivity index (χ0v) is 15.1. The molecule has 1 aromatic heterocycles. The fourth-order valence-corrected chi connectivity index (χ4v) is 2.80.